The van der Waals surface area contributed by atoms with Crippen molar-refractivity contribution in [2.75, 3.05) is 16.6 Å². The molecule has 3 aromatic rings. The van der Waals surface area contributed by atoms with Crippen molar-refractivity contribution >= 4 is 50.7 Å². The molecule has 2 N–H and O–H groups in total. The average molecular weight is 484 g/mol. The molecule has 168 valence electrons. The quantitative estimate of drug-likeness (QED) is 0.497. The first-order valence-corrected chi connectivity index (χ1v) is 11.7. The smallest absolute Gasteiger partial charge is 0.261 e. The Kier molecular flexibility index (Phi) is 6.17. The summed E-state index contributed by atoms with van der Waals surface area (Å²) in [7, 11) is -3.90. The van der Waals surface area contributed by atoms with Crippen LogP contribution < -0.4 is 10.0 Å². The molecule has 4 rings (SSSR count). The minimum atomic E-state index is -3.90. The van der Waals surface area contributed by atoms with E-state index in [1.165, 1.54) is 30.3 Å². The van der Waals surface area contributed by atoms with Gasteiger partial charge in [0, 0.05) is 29.4 Å². The van der Waals surface area contributed by atoms with Crippen LogP contribution in [0, 0.1) is 0 Å². The molecule has 0 saturated carbocycles. The monoisotopic (exact) mass is 483 g/mol. The molecule has 0 aliphatic carbocycles. The lowest BCUT2D eigenvalue weighted by atomic mass is 10.1. The van der Waals surface area contributed by atoms with E-state index in [0.717, 1.165) is 4.90 Å². The van der Waals surface area contributed by atoms with E-state index in [2.05, 4.69) is 10.0 Å². The second kappa shape index (κ2) is 9.05. The lowest BCUT2D eigenvalue weighted by Crippen LogP contribution is -2.32. The van der Waals surface area contributed by atoms with Gasteiger partial charge in [0.15, 0.2) is 0 Å². The zero-order valence-electron chi connectivity index (χ0n) is 17.1. The predicted octanol–water partition coefficient (Wildman–Crippen LogP) is 3.77. The highest BCUT2D eigenvalue weighted by molar-refractivity contribution is 7.92. The zero-order valence-corrected chi connectivity index (χ0v) is 18.7. The molecule has 0 radical (unpaired) electrons. The van der Waals surface area contributed by atoms with Gasteiger partial charge in [-0.25, -0.2) is 8.42 Å². The fraction of sp³-hybridized carbons (Fsp3) is 0.0870. The number of rotatable bonds is 7. The highest BCUT2D eigenvalue weighted by Gasteiger charge is 2.34. The van der Waals surface area contributed by atoms with E-state index in [-0.39, 0.29) is 23.5 Å². The molecular weight excluding hydrogens is 466 g/mol. The third-order valence-corrected chi connectivity index (χ3v) is 6.60. The standard InChI is InChI=1S/C23H18ClN3O5S/c24-15-8-10-16(11-9-15)26-33(31,32)18-5-3-4-17(14-18)25-21(28)12-13-27-22(29)19-6-1-2-7-20(19)23(27)30/h1-11,14,26H,12-13H2,(H,25,28). The normalized spacial score (nSPS) is 13.1. The van der Waals surface area contributed by atoms with Gasteiger partial charge >= 0.3 is 0 Å². The second-order valence-corrected chi connectivity index (χ2v) is 9.36. The number of amides is 3. The summed E-state index contributed by atoms with van der Waals surface area (Å²) in [5.41, 5.74) is 1.24. The number of sulfonamides is 1. The molecule has 0 bridgehead atoms. The molecule has 1 heterocycles. The number of carbonyl (C=O) groups is 3. The Morgan fingerprint density at radius 2 is 1.48 bits per heavy atom. The van der Waals surface area contributed by atoms with Crippen molar-refractivity contribution in [3.05, 3.63) is 88.9 Å². The maximum atomic E-state index is 12.7. The van der Waals surface area contributed by atoms with Crippen molar-refractivity contribution in [3.8, 4) is 0 Å². The minimum absolute atomic E-state index is 0.0457. The van der Waals surface area contributed by atoms with Crippen molar-refractivity contribution in [3.63, 3.8) is 0 Å². The van der Waals surface area contributed by atoms with E-state index >= 15 is 0 Å². The van der Waals surface area contributed by atoms with Gasteiger partial charge in [0.05, 0.1) is 16.0 Å². The Bertz CT molecular complexity index is 1320. The van der Waals surface area contributed by atoms with Gasteiger partial charge in [-0.2, -0.15) is 0 Å². The van der Waals surface area contributed by atoms with Crippen molar-refractivity contribution in [2.45, 2.75) is 11.3 Å². The van der Waals surface area contributed by atoms with Gasteiger partial charge in [-0.1, -0.05) is 29.8 Å². The first kappa shape index (κ1) is 22.5. The van der Waals surface area contributed by atoms with Crippen molar-refractivity contribution in [2.24, 2.45) is 0 Å². The molecule has 0 atom stereocenters. The number of carbonyl (C=O) groups excluding carboxylic acids is 3. The minimum Gasteiger partial charge on any atom is -0.326 e. The lowest BCUT2D eigenvalue weighted by Gasteiger charge is -2.14. The van der Waals surface area contributed by atoms with Gasteiger partial charge in [-0.05, 0) is 54.6 Å². The Hall–Kier alpha value is -3.69. The summed E-state index contributed by atoms with van der Waals surface area (Å²) in [5, 5.41) is 3.08. The SMILES string of the molecule is O=C(CCN1C(=O)c2ccccc2C1=O)Nc1cccc(S(=O)(=O)Nc2ccc(Cl)cc2)c1. The Morgan fingerprint density at radius 3 is 2.12 bits per heavy atom. The van der Waals surface area contributed by atoms with Crippen LogP contribution in [0.15, 0.2) is 77.7 Å². The Balaban J connectivity index is 1.39. The van der Waals surface area contributed by atoms with Crippen LogP contribution in [0.1, 0.15) is 27.1 Å². The van der Waals surface area contributed by atoms with Crippen LogP contribution in [0.2, 0.25) is 5.02 Å². The maximum absolute atomic E-state index is 12.7. The van der Waals surface area contributed by atoms with E-state index in [4.69, 9.17) is 11.6 Å². The van der Waals surface area contributed by atoms with Crippen molar-refractivity contribution in [1.29, 1.82) is 0 Å². The molecular formula is C23H18ClN3O5S. The van der Waals surface area contributed by atoms with Gasteiger partial charge in [-0.3, -0.25) is 24.0 Å². The van der Waals surface area contributed by atoms with Crippen molar-refractivity contribution < 1.29 is 22.8 Å². The van der Waals surface area contributed by atoms with Crippen LogP contribution >= 0.6 is 11.6 Å². The molecule has 1 aliphatic rings. The Labute approximate surface area is 195 Å². The van der Waals surface area contributed by atoms with Crippen LogP contribution in [-0.4, -0.2) is 37.6 Å². The third kappa shape index (κ3) is 4.89. The second-order valence-electron chi connectivity index (χ2n) is 7.25. The average Bonchev–Trinajstić information content (AvgIpc) is 3.04. The Morgan fingerprint density at radius 1 is 0.848 bits per heavy atom. The molecule has 0 aromatic heterocycles. The molecule has 0 spiro atoms. The molecule has 3 amide bonds. The summed E-state index contributed by atoms with van der Waals surface area (Å²) in [4.78, 5) is 38.2. The molecule has 0 saturated heterocycles. The first-order valence-electron chi connectivity index (χ1n) is 9.88. The summed E-state index contributed by atoms with van der Waals surface area (Å²) >= 11 is 5.82. The maximum Gasteiger partial charge on any atom is 0.261 e. The molecule has 0 fully saturated rings. The molecule has 0 unspecified atom stereocenters. The molecule has 8 nitrogen and oxygen atoms in total. The number of fused-ring (bicyclic) bond motifs is 1. The lowest BCUT2D eigenvalue weighted by molar-refractivity contribution is -0.116. The number of nitrogens with one attached hydrogen (secondary N) is 2. The zero-order chi connectivity index (χ0) is 23.6. The van der Waals surface area contributed by atoms with Crippen LogP contribution in [0.25, 0.3) is 0 Å². The van der Waals surface area contributed by atoms with E-state index in [0.29, 0.717) is 21.8 Å². The number of hydrogen-bond acceptors (Lipinski definition) is 5. The van der Waals surface area contributed by atoms with E-state index in [9.17, 15) is 22.8 Å². The van der Waals surface area contributed by atoms with Gasteiger partial charge in [0.25, 0.3) is 21.8 Å². The van der Waals surface area contributed by atoms with Crippen LogP contribution in [-0.2, 0) is 14.8 Å². The summed E-state index contributed by atoms with van der Waals surface area (Å²) in [6, 6.07) is 18.4. The number of imide groups is 1. The highest BCUT2D eigenvalue weighted by Crippen LogP contribution is 2.23. The predicted molar refractivity (Wildman–Crippen MR) is 124 cm³/mol. The van der Waals surface area contributed by atoms with Crippen molar-refractivity contribution in [1.82, 2.24) is 4.90 Å². The summed E-state index contributed by atoms with van der Waals surface area (Å²) < 4.78 is 27.8. The van der Waals surface area contributed by atoms with E-state index in [1.807, 2.05) is 0 Å². The van der Waals surface area contributed by atoms with Gasteiger partial charge < -0.3 is 5.32 Å². The van der Waals surface area contributed by atoms with Gasteiger partial charge in [0.2, 0.25) is 5.91 Å². The van der Waals surface area contributed by atoms with Crippen LogP contribution in [0.3, 0.4) is 0 Å². The van der Waals surface area contributed by atoms with E-state index < -0.39 is 27.7 Å². The number of benzene rings is 3. The third-order valence-electron chi connectivity index (χ3n) is 4.97. The largest absolute Gasteiger partial charge is 0.326 e. The fourth-order valence-electron chi connectivity index (χ4n) is 3.35. The topological polar surface area (TPSA) is 113 Å². The number of anilines is 2. The van der Waals surface area contributed by atoms with Gasteiger partial charge in [-0.15, -0.1) is 0 Å². The van der Waals surface area contributed by atoms with Crippen LogP contribution in [0.4, 0.5) is 11.4 Å². The number of hydrogen-bond donors (Lipinski definition) is 2. The number of nitrogens with zero attached hydrogens (tertiary/aromatic N) is 1. The fourth-order valence-corrected chi connectivity index (χ4v) is 4.58. The van der Waals surface area contributed by atoms with Crippen LogP contribution in [0.5, 0.6) is 0 Å². The molecule has 10 heteroatoms. The highest BCUT2D eigenvalue weighted by atomic mass is 35.5. The molecule has 1 aliphatic heterocycles. The summed E-state index contributed by atoms with van der Waals surface area (Å²) in [6.07, 6.45) is -0.133. The summed E-state index contributed by atoms with van der Waals surface area (Å²) in [6.45, 7) is -0.0890. The molecule has 3 aromatic carbocycles. The van der Waals surface area contributed by atoms with E-state index in [1.54, 1.807) is 42.5 Å². The summed E-state index contributed by atoms with van der Waals surface area (Å²) in [5.74, 6) is -1.35. The van der Waals surface area contributed by atoms with Gasteiger partial charge in [0.1, 0.15) is 0 Å². The number of halogens is 1. The first-order chi connectivity index (χ1) is 15.7. The molecule has 33 heavy (non-hydrogen) atoms.